The van der Waals surface area contributed by atoms with Gasteiger partial charge < -0.3 is 9.73 Å². The van der Waals surface area contributed by atoms with E-state index in [9.17, 15) is 4.79 Å². The van der Waals surface area contributed by atoms with Gasteiger partial charge in [-0.3, -0.25) is 4.79 Å². The van der Waals surface area contributed by atoms with E-state index in [1.54, 1.807) is 29.3 Å². The number of carbonyl (C=O) groups is 1. The molecule has 0 aliphatic rings. The molecule has 0 saturated carbocycles. The zero-order chi connectivity index (χ0) is 14.5. The topological polar surface area (TPSA) is 73.0 Å². The molecule has 0 aliphatic heterocycles. The van der Waals surface area contributed by atoms with E-state index in [4.69, 9.17) is 4.42 Å². The van der Waals surface area contributed by atoms with Crippen molar-refractivity contribution in [3.8, 4) is 0 Å². The average molecular weight is 282 g/mol. The lowest BCUT2D eigenvalue weighted by Crippen LogP contribution is -2.31. The summed E-state index contributed by atoms with van der Waals surface area (Å²) in [6.07, 6.45) is 4.69. The van der Waals surface area contributed by atoms with E-state index in [0.29, 0.717) is 6.54 Å². The van der Waals surface area contributed by atoms with Crippen LogP contribution in [0.2, 0.25) is 0 Å². The predicted octanol–water partition coefficient (Wildman–Crippen LogP) is 2.04. The fraction of sp³-hybridized carbons (Fsp3) is 0.133. The fourth-order valence-corrected chi connectivity index (χ4v) is 2.06. The van der Waals surface area contributed by atoms with Gasteiger partial charge in [0.1, 0.15) is 0 Å². The lowest BCUT2D eigenvalue weighted by Gasteiger charge is -2.18. The number of hydrogen-bond acceptors (Lipinski definition) is 4. The first-order valence-corrected chi connectivity index (χ1v) is 6.56. The molecule has 0 saturated heterocycles. The summed E-state index contributed by atoms with van der Waals surface area (Å²) in [6, 6.07) is 12.8. The highest BCUT2D eigenvalue weighted by molar-refractivity contribution is 5.91. The van der Waals surface area contributed by atoms with Crippen molar-refractivity contribution >= 4 is 5.91 Å². The standard InChI is InChI=1S/C15H14N4O2/c20-15(14-7-4-10-21-14)18-13(11-19-16-8-9-17-19)12-5-2-1-3-6-12/h1-10,13H,11H2,(H,18,20). The Morgan fingerprint density at radius 2 is 1.90 bits per heavy atom. The number of hydrogen-bond donors (Lipinski definition) is 1. The van der Waals surface area contributed by atoms with Gasteiger partial charge in [-0.2, -0.15) is 15.0 Å². The van der Waals surface area contributed by atoms with Crippen LogP contribution in [-0.2, 0) is 6.54 Å². The van der Waals surface area contributed by atoms with Crippen molar-refractivity contribution in [2.45, 2.75) is 12.6 Å². The number of amides is 1. The molecular formula is C15H14N4O2. The van der Waals surface area contributed by atoms with Crippen LogP contribution in [0, 0.1) is 0 Å². The third-order valence-electron chi connectivity index (χ3n) is 3.06. The maximum absolute atomic E-state index is 12.2. The zero-order valence-electron chi connectivity index (χ0n) is 11.2. The fourth-order valence-electron chi connectivity index (χ4n) is 2.06. The van der Waals surface area contributed by atoms with Gasteiger partial charge >= 0.3 is 0 Å². The van der Waals surface area contributed by atoms with Crippen LogP contribution in [0.4, 0.5) is 0 Å². The Morgan fingerprint density at radius 1 is 1.14 bits per heavy atom. The minimum atomic E-state index is -0.263. The molecule has 3 rings (SSSR count). The van der Waals surface area contributed by atoms with Crippen LogP contribution in [0.1, 0.15) is 22.2 Å². The molecule has 2 heterocycles. The van der Waals surface area contributed by atoms with Crippen LogP contribution in [0.3, 0.4) is 0 Å². The molecule has 1 N–H and O–H groups in total. The molecule has 0 radical (unpaired) electrons. The molecule has 0 aliphatic carbocycles. The molecular weight excluding hydrogens is 268 g/mol. The van der Waals surface area contributed by atoms with Gasteiger partial charge in [-0.25, -0.2) is 0 Å². The molecule has 3 aromatic rings. The molecule has 2 aromatic heterocycles. The summed E-state index contributed by atoms with van der Waals surface area (Å²) in [5.74, 6) is 0.0189. The van der Waals surface area contributed by atoms with Crippen molar-refractivity contribution in [1.29, 1.82) is 0 Å². The average Bonchev–Trinajstić information content (AvgIpc) is 3.21. The van der Waals surface area contributed by atoms with Gasteiger partial charge in [0.25, 0.3) is 5.91 Å². The van der Waals surface area contributed by atoms with Crippen LogP contribution in [0.15, 0.2) is 65.5 Å². The van der Waals surface area contributed by atoms with Gasteiger partial charge in [-0.05, 0) is 17.7 Å². The van der Waals surface area contributed by atoms with E-state index in [0.717, 1.165) is 5.56 Å². The maximum atomic E-state index is 12.2. The Hall–Kier alpha value is -2.89. The van der Waals surface area contributed by atoms with E-state index in [1.165, 1.54) is 6.26 Å². The second-order valence-electron chi connectivity index (χ2n) is 4.50. The van der Waals surface area contributed by atoms with E-state index in [-0.39, 0.29) is 17.7 Å². The Bertz CT molecular complexity index is 678. The van der Waals surface area contributed by atoms with Gasteiger partial charge in [0.05, 0.1) is 31.2 Å². The third-order valence-corrected chi connectivity index (χ3v) is 3.06. The first-order chi connectivity index (χ1) is 10.3. The summed E-state index contributed by atoms with van der Waals surface area (Å²) >= 11 is 0. The Morgan fingerprint density at radius 3 is 2.57 bits per heavy atom. The van der Waals surface area contributed by atoms with Crippen LogP contribution >= 0.6 is 0 Å². The maximum Gasteiger partial charge on any atom is 0.287 e. The molecule has 1 aromatic carbocycles. The lowest BCUT2D eigenvalue weighted by molar-refractivity contribution is 0.0902. The molecule has 106 valence electrons. The van der Waals surface area contributed by atoms with E-state index in [1.807, 2.05) is 30.3 Å². The van der Waals surface area contributed by atoms with Crippen LogP contribution in [-0.4, -0.2) is 20.9 Å². The predicted molar refractivity (Wildman–Crippen MR) is 75.4 cm³/mol. The van der Waals surface area contributed by atoms with Crippen LogP contribution in [0.25, 0.3) is 0 Å². The highest BCUT2D eigenvalue weighted by Gasteiger charge is 2.18. The van der Waals surface area contributed by atoms with Crippen molar-refractivity contribution < 1.29 is 9.21 Å². The Kier molecular flexibility index (Phi) is 3.77. The molecule has 0 fully saturated rings. The number of nitrogens with one attached hydrogen (secondary N) is 1. The van der Waals surface area contributed by atoms with Crippen molar-refractivity contribution in [1.82, 2.24) is 20.3 Å². The first kappa shape index (κ1) is 13.1. The Balaban J connectivity index is 1.80. The number of carbonyl (C=O) groups excluding carboxylic acids is 1. The minimum absolute atomic E-state index is 0.240. The van der Waals surface area contributed by atoms with Gasteiger partial charge in [0.2, 0.25) is 0 Å². The van der Waals surface area contributed by atoms with E-state index in [2.05, 4.69) is 15.5 Å². The first-order valence-electron chi connectivity index (χ1n) is 6.56. The van der Waals surface area contributed by atoms with Crippen molar-refractivity contribution in [2.24, 2.45) is 0 Å². The highest BCUT2D eigenvalue weighted by atomic mass is 16.3. The van der Waals surface area contributed by atoms with Gasteiger partial charge in [0, 0.05) is 0 Å². The number of nitrogens with zero attached hydrogens (tertiary/aromatic N) is 3. The largest absolute Gasteiger partial charge is 0.459 e. The second kappa shape index (κ2) is 6.04. The molecule has 21 heavy (non-hydrogen) atoms. The Labute approximate surface area is 121 Å². The second-order valence-corrected chi connectivity index (χ2v) is 4.50. The number of rotatable bonds is 5. The molecule has 0 spiro atoms. The summed E-state index contributed by atoms with van der Waals surface area (Å²) in [5.41, 5.74) is 0.981. The number of benzene rings is 1. The summed E-state index contributed by atoms with van der Waals surface area (Å²) in [6.45, 7) is 0.448. The molecule has 0 bridgehead atoms. The molecule has 1 unspecified atom stereocenters. The molecule has 1 atom stereocenters. The zero-order valence-corrected chi connectivity index (χ0v) is 11.2. The van der Waals surface area contributed by atoms with Crippen molar-refractivity contribution in [3.63, 3.8) is 0 Å². The van der Waals surface area contributed by atoms with Gasteiger partial charge in [-0.15, -0.1) is 0 Å². The normalized spacial score (nSPS) is 12.0. The lowest BCUT2D eigenvalue weighted by atomic mass is 10.1. The number of aromatic nitrogens is 3. The van der Waals surface area contributed by atoms with Crippen molar-refractivity contribution in [3.05, 3.63) is 72.4 Å². The monoisotopic (exact) mass is 282 g/mol. The summed E-state index contributed by atoms with van der Waals surface area (Å²) < 4.78 is 5.12. The van der Waals surface area contributed by atoms with Crippen LogP contribution < -0.4 is 5.32 Å². The summed E-state index contributed by atoms with van der Waals surface area (Å²) in [5, 5.41) is 11.1. The van der Waals surface area contributed by atoms with E-state index < -0.39 is 0 Å². The van der Waals surface area contributed by atoms with Crippen LogP contribution in [0.5, 0.6) is 0 Å². The van der Waals surface area contributed by atoms with Crippen molar-refractivity contribution in [2.75, 3.05) is 0 Å². The minimum Gasteiger partial charge on any atom is -0.459 e. The molecule has 6 heteroatoms. The number of furan rings is 1. The summed E-state index contributed by atoms with van der Waals surface area (Å²) in [7, 11) is 0. The SMILES string of the molecule is O=C(NC(Cn1nccn1)c1ccccc1)c1ccco1. The smallest absolute Gasteiger partial charge is 0.287 e. The van der Waals surface area contributed by atoms with Gasteiger partial charge in [0.15, 0.2) is 5.76 Å². The third kappa shape index (κ3) is 3.17. The highest BCUT2D eigenvalue weighted by Crippen LogP contribution is 2.15. The summed E-state index contributed by atoms with van der Waals surface area (Å²) in [4.78, 5) is 13.7. The quantitative estimate of drug-likeness (QED) is 0.777. The van der Waals surface area contributed by atoms with E-state index >= 15 is 0 Å². The van der Waals surface area contributed by atoms with Gasteiger partial charge in [-0.1, -0.05) is 30.3 Å². The molecule has 1 amide bonds. The molecule has 6 nitrogen and oxygen atoms in total.